The summed E-state index contributed by atoms with van der Waals surface area (Å²) in [6.45, 7) is 2.68. The average molecular weight is 580 g/mol. The zero-order chi connectivity index (χ0) is 27.9. The third-order valence-corrected chi connectivity index (χ3v) is 8.66. The van der Waals surface area contributed by atoms with Crippen LogP contribution < -0.4 is 5.32 Å². The third-order valence-electron chi connectivity index (χ3n) is 8.12. The number of nitrogens with one attached hydrogen (secondary N) is 2. The lowest BCUT2D eigenvalue weighted by Gasteiger charge is -2.41. The fourth-order valence-electron chi connectivity index (χ4n) is 6.31. The Morgan fingerprint density at radius 1 is 1.00 bits per heavy atom. The van der Waals surface area contributed by atoms with Crippen LogP contribution in [0.1, 0.15) is 29.2 Å². The Labute approximate surface area is 242 Å². The number of hydrogen-bond acceptors (Lipinski definition) is 3. The minimum absolute atomic E-state index is 0.0221. The summed E-state index contributed by atoms with van der Waals surface area (Å²) in [6, 6.07) is 19.4. The second-order valence-electron chi connectivity index (χ2n) is 10.6. The zero-order valence-corrected chi connectivity index (χ0v) is 23.3. The van der Waals surface area contributed by atoms with Gasteiger partial charge in [0.15, 0.2) is 0 Å². The molecule has 2 aliphatic rings. The lowest BCUT2D eigenvalue weighted by molar-refractivity contribution is -0.144. The number of aromatic amines is 1. The van der Waals surface area contributed by atoms with Crippen LogP contribution in [0.2, 0.25) is 10.0 Å². The number of nitrogens with zero attached hydrogens (tertiary/aromatic N) is 2. The minimum Gasteiger partial charge on any atom is -0.361 e. The maximum absolute atomic E-state index is 14.7. The van der Waals surface area contributed by atoms with Crippen molar-refractivity contribution in [3.05, 3.63) is 105 Å². The maximum atomic E-state index is 14.7. The highest BCUT2D eigenvalue weighted by Crippen LogP contribution is 2.53. The number of H-pyrrole nitrogens is 1. The van der Waals surface area contributed by atoms with Gasteiger partial charge in [0.1, 0.15) is 5.82 Å². The fourth-order valence-corrected chi connectivity index (χ4v) is 6.60. The van der Waals surface area contributed by atoms with Crippen LogP contribution in [-0.4, -0.2) is 52.8 Å². The molecule has 2 amide bonds. The molecule has 0 unspecified atom stereocenters. The van der Waals surface area contributed by atoms with Gasteiger partial charge in [0, 0.05) is 66.8 Å². The molecule has 40 heavy (non-hydrogen) atoms. The normalized spacial score (nSPS) is 21.4. The van der Waals surface area contributed by atoms with Gasteiger partial charge >= 0.3 is 0 Å². The van der Waals surface area contributed by atoms with Gasteiger partial charge in [0.05, 0.1) is 16.5 Å². The molecule has 3 heterocycles. The fraction of sp³-hybridized carbons (Fsp3) is 0.290. The van der Waals surface area contributed by atoms with Crippen LogP contribution in [0, 0.1) is 11.2 Å². The van der Waals surface area contributed by atoms with Crippen molar-refractivity contribution in [2.45, 2.75) is 25.4 Å². The molecule has 2 aliphatic heterocycles. The Morgan fingerprint density at radius 2 is 1.77 bits per heavy atom. The highest BCUT2D eigenvalue weighted by atomic mass is 35.5. The molecule has 6 rings (SSSR count). The lowest BCUT2D eigenvalue weighted by Crippen LogP contribution is -2.54. The third kappa shape index (κ3) is 4.87. The van der Waals surface area contributed by atoms with Crippen LogP contribution in [0.5, 0.6) is 0 Å². The molecule has 9 heteroatoms. The SMILES string of the molecule is O=C1C[C@@](Cc2ccccc2)(C(=O)N2CCNCC2)[C@H](c2c[nH]c3cc(Cl)ccc23)N1Cc1ccc(Cl)c(F)c1. The monoisotopic (exact) mass is 578 g/mol. The van der Waals surface area contributed by atoms with Gasteiger partial charge in [-0.2, -0.15) is 0 Å². The van der Waals surface area contributed by atoms with Gasteiger partial charge in [-0.05, 0) is 41.8 Å². The Kier molecular flexibility index (Phi) is 7.29. The number of hydrogen-bond donors (Lipinski definition) is 2. The van der Waals surface area contributed by atoms with Crippen LogP contribution >= 0.6 is 23.2 Å². The highest BCUT2D eigenvalue weighted by Gasteiger charge is 2.58. The second-order valence-corrected chi connectivity index (χ2v) is 11.5. The van der Waals surface area contributed by atoms with Crippen molar-refractivity contribution in [2.75, 3.05) is 26.2 Å². The zero-order valence-electron chi connectivity index (χ0n) is 21.8. The van der Waals surface area contributed by atoms with Gasteiger partial charge in [-0.25, -0.2) is 4.39 Å². The average Bonchev–Trinajstić information content (AvgIpc) is 3.48. The molecule has 0 saturated carbocycles. The van der Waals surface area contributed by atoms with Gasteiger partial charge < -0.3 is 20.1 Å². The Bertz CT molecular complexity index is 1570. The van der Waals surface area contributed by atoms with Crippen molar-refractivity contribution < 1.29 is 14.0 Å². The van der Waals surface area contributed by atoms with Gasteiger partial charge in [0.25, 0.3) is 0 Å². The Morgan fingerprint density at radius 3 is 2.52 bits per heavy atom. The smallest absolute Gasteiger partial charge is 0.232 e. The predicted octanol–water partition coefficient (Wildman–Crippen LogP) is 5.75. The number of amides is 2. The molecule has 4 aromatic rings. The van der Waals surface area contributed by atoms with Crippen LogP contribution in [0.15, 0.2) is 72.9 Å². The molecule has 0 spiro atoms. The van der Waals surface area contributed by atoms with Crippen molar-refractivity contribution in [3.63, 3.8) is 0 Å². The molecular formula is C31H29Cl2FN4O2. The van der Waals surface area contributed by atoms with Crippen LogP contribution in [0.4, 0.5) is 4.39 Å². The summed E-state index contributed by atoms with van der Waals surface area (Å²) in [7, 11) is 0. The molecule has 206 valence electrons. The predicted molar refractivity (Wildman–Crippen MR) is 155 cm³/mol. The Balaban J connectivity index is 1.53. The quantitative estimate of drug-likeness (QED) is 0.306. The van der Waals surface area contributed by atoms with Gasteiger partial charge in [-0.1, -0.05) is 65.7 Å². The van der Waals surface area contributed by atoms with E-state index in [1.54, 1.807) is 11.0 Å². The molecule has 2 atom stereocenters. The molecule has 1 aromatic heterocycles. The van der Waals surface area contributed by atoms with Crippen molar-refractivity contribution in [2.24, 2.45) is 5.41 Å². The number of piperazine rings is 1. The van der Waals surface area contributed by atoms with Crippen LogP contribution in [0.3, 0.4) is 0 Å². The number of benzene rings is 3. The van der Waals surface area contributed by atoms with E-state index in [9.17, 15) is 14.0 Å². The van der Waals surface area contributed by atoms with E-state index in [1.807, 2.05) is 59.6 Å². The first-order valence-electron chi connectivity index (χ1n) is 13.4. The second kappa shape index (κ2) is 10.9. The van der Waals surface area contributed by atoms with E-state index >= 15 is 0 Å². The summed E-state index contributed by atoms with van der Waals surface area (Å²) in [6.07, 6.45) is 2.31. The number of likely N-dealkylation sites (tertiary alicyclic amines) is 1. The first-order valence-corrected chi connectivity index (χ1v) is 14.2. The molecule has 2 saturated heterocycles. The summed E-state index contributed by atoms with van der Waals surface area (Å²) in [5.41, 5.74) is 2.17. The lowest BCUT2D eigenvalue weighted by atomic mass is 9.71. The molecular weight excluding hydrogens is 550 g/mol. The van der Waals surface area contributed by atoms with Crippen molar-refractivity contribution in [1.82, 2.24) is 20.1 Å². The van der Waals surface area contributed by atoms with Gasteiger partial charge in [0.2, 0.25) is 11.8 Å². The summed E-state index contributed by atoms with van der Waals surface area (Å²) in [5, 5.41) is 4.82. The van der Waals surface area contributed by atoms with E-state index in [-0.39, 0.29) is 29.8 Å². The number of halogens is 3. The van der Waals surface area contributed by atoms with E-state index in [0.29, 0.717) is 43.2 Å². The van der Waals surface area contributed by atoms with E-state index in [2.05, 4.69) is 10.3 Å². The number of fused-ring (bicyclic) bond motifs is 1. The minimum atomic E-state index is -1.07. The Hall–Kier alpha value is -3.39. The highest BCUT2D eigenvalue weighted by molar-refractivity contribution is 6.31. The van der Waals surface area contributed by atoms with Crippen molar-refractivity contribution >= 4 is 45.9 Å². The largest absolute Gasteiger partial charge is 0.361 e. The van der Waals surface area contributed by atoms with Gasteiger partial charge in [-0.3, -0.25) is 9.59 Å². The number of rotatable bonds is 6. The van der Waals surface area contributed by atoms with E-state index < -0.39 is 17.3 Å². The number of carbonyl (C=O) groups excluding carboxylic acids is 2. The summed E-state index contributed by atoms with van der Waals surface area (Å²) < 4.78 is 14.5. The first-order chi connectivity index (χ1) is 19.4. The molecule has 2 fully saturated rings. The van der Waals surface area contributed by atoms with Crippen LogP contribution in [0.25, 0.3) is 10.9 Å². The molecule has 3 aromatic carbocycles. The summed E-state index contributed by atoms with van der Waals surface area (Å²) in [4.78, 5) is 35.6. The first kappa shape index (κ1) is 26.8. The van der Waals surface area contributed by atoms with Crippen molar-refractivity contribution in [1.29, 1.82) is 0 Å². The van der Waals surface area contributed by atoms with Crippen LogP contribution in [-0.2, 0) is 22.6 Å². The molecule has 0 bridgehead atoms. The van der Waals surface area contributed by atoms with Gasteiger partial charge in [-0.15, -0.1) is 0 Å². The standard InChI is InChI=1S/C31H29Cl2FN4O2/c32-22-7-8-23-24(18-36-27(23)15-22)29-31(16-20-4-2-1-3-5-20,30(40)37-12-10-35-11-13-37)17-28(39)38(29)19-21-6-9-25(33)26(34)14-21/h1-9,14-15,18,29,35-36H,10-13,16-17,19H2/t29-,31+/m0/s1. The van der Waals surface area contributed by atoms with E-state index in [0.717, 1.165) is 22.0 Å². The molecule has 6 nitrogen and oxygen atoms in total. The summed E-state index contributed by atoms with van der Waals surface area (Å²) in [5.74, 6) is -0.732. The topological polar surface area (TPSA) is 68.4 Å². The van der Waals surface area contributed by atoms with E-state index in [1.165, 1.54) is 12.1 Å². The van der Waals surface area contributed by atoms with Crippen molar-refractivity contribution in [3.8, 4) is 0 Å². The number of aromatic nitrogens is 1. The maximum Gasteiger partial charge on any atom is 0.232 e. The molecule has 0 radical (unpaired) electrons. The van der Waals surface area contributed by atoms with E-state index in [4.69, 9.17) is 23.2 Å². The summed E-state index contributed by atoms with van der Waals surface area (Å²) >= 11 is 12.2. The molecule has 0 aliphatic carbocycles. The molecule has 2 N–H and O–H groups in total. The number of carbonyl (C=O) groups is 2.